The van der Waals surface area contributed by atoms with Gasteiger partial charge in [-0.05, 0) is 59.3 Å². The Bertz CT molecular complexity index is 1690. The van der Waals surface area contributed by atoms with E-state index in [4.69, 9.17) is 14.9 Å². The average molecular weight is 555 g/mol. The maximum atomic E-state index is 13.6. The van der Waals surface area contributed by atoms with E-state index in [-0.39, 0.29) is 45.7 Å². The summed E-state index contributed by atoms with van der Waals surface area (Å²) in [6.07, 6.45) is 0. The van der Waals surface area contributed by atoms with Crippen LogP contribution in [0.3, 0.4) is 0 Å². The molecule has 0 aliphatic heterocycles. The van der Waals surface area contributed by atoms with Crippen LogP contribution in [0.5, 0.6) is 0 Å². The third kappa shape index (κ3) is 4.17. The predicted molar refractivity (Wildman–Crippen MR) is 133 cm³/mol. The lowest BCUT2D eigenvalue weighted by Crippen LogP contribution is -2.14. The molecular weight excluding hydrogens is 536 g/mol. The fourth-order valence-electron chi connectivity index (χ4n) is 3.74. The monoisotopic (exact) mass is 554 g/mol. The number of ether oxygens (including phenoxy) is 1. The first-order chi connectivity index (χ1) is 16.8. The molecule has 0 amide bonds. The van der Waals surface area contributed by atoms with Gasteiger partial charge in [-0.25, -0.2) is 23.2 Å². The number of carbonyl (C=O) groups is 1. The fourth-order valence-corrected chi connectivity index (χ4v) is 5.55. The first kappa shape index (κ1) is 23.1. The number of fused-ring (bicyclic) bond motifs is 2. The lowest BCUT2D eigenvalue weighted by atomic mass is 10.2. The standard InChI is InChI=1S/C24H19BrN4O5S/c1-14-6-8-15(9-7-14)35(31,32)21-20-23(28-17-5-3-2-4-16(17)27-20)29(22(21)26)12-13-33-24(30)18-10-11-19(25)34-18/h2-11H,12-13,26H2,1H3. The molecule has 0 fully saturated rings. The van der Waals surface area contributed by atoms with E-state index >= 15 is 0 Å². The number of nitrogens with zero attached hydrogens (tertiary/aromatic N) is 3. The summed E-state index contributed by atoms with van der Waals surface area (Å²) in [4.78, 5) is 21.4. The van der Waals surface area contributed by atoms with Gasteiger partial charge in [0.15, 0.2) is 10.3 Å². The number of para-hydroxylation sites is 2. The van der Waals surface area contributed by atoms with E-state index in [1.807, 2.05) is 13.0 Å². The lowest BCUT2D eigenvalue weighted by Gasteiger charge is -2.09. The number of hydrogen-bond acceptors (Lipinski definition) is 8. The van der Waals surface area contributed by atoms with Gasteiger partial charge in [0.05, 0.1) is 22.5 Å². The average Bonchev–Trinajstić information content (AvgIpc) is 3.39. The summed E-state index contributed by atoms with van der Waals surface area (Å²) < 4.78 is 39.7. The molecule has 5 rings (SSSR count). The number of nitrogens with two attached hydrogens (primary N) is 1. The van der Waals surface area contributed by atoms with Crippen molar-refractivity contribution in [3.63, 3.8) is 0 Å². The molecule has 3 heterocycles. The zero-order chi connectivity index (χ0) is 24.7. The smallest absolute Gasteiger partial charge is 0.374 e. The van der Waals surface area contributed by atoms with Gasteiger partial charge >= 0.3 is 5.97 Å². The van der Waals surface area contributed by atoms with Crippen molar-refractivity contribution in [3.8, 4) is 0 Å². The molecule has 178 valence electrons. The Balaban J connectivity index is 1.59. The van der Waals surface area contributed by atoms with E-state index in [1.54, 1.807) is 36.4 Å². The highest BCUT2D eigenvalue weighted by molar-refractivity contribution is 9.10. The Morgan fingerprint density at radius 1 is 1.06 bits per heavy atom. The van der Waals surface area contributed by atoms with Gasteiger partial charge in [-0.15, -0.1) is 0 Å². The number of esters is 1. The molecule has 9 nitrogen and oxygen atoms in total. The number of carbonyl (C=O) groups excluding carboxylic acids is 1. The number of furan rings is 1. The minimum absolute atomic E-state index is 0.0346. The van der Waals surface area contributed by atoms with Gasteiger partial charge in [0.25, 0.3) is 0 Å². The van der Waals surface area contributed by atoms with Gasteiger partial charge in [0.1, 0.15) is 22.8 Å². The van der Waals surface area contributed by atoms with E-state index in [0.717, 1.165) is 5.56 Å². The summed E-state index contributed by atoms with van der Waals surface area (Å²) in [5.41, 5.74) is 8.88. The minimum atomic E-state index is -4.02. The van der Waals surface area contributed by atoms with E-state index in [2.05, 4.69) is 25.9 Å². The molecule has 0 saturated heterocycles. The van der Waals surface area contributed by atoms with Crippen molar-refractivity contribution < 1.29 is 22.4 Å². The molecular formula is C24H19BrN4O5S. The van der Waals surface area contributed by atoms with Crippen LogP contribution in [-0.4, -0.2) is 35.5 Å². The molecule has 0 aliphatic carbocycles. The number of benzene rings is 2. The van der Waals surface area contributed by atoms with Gasteiger partial charge in [0, 0.05) is 0 Å². The summed E-state index contributed by atoms with van der Waals surface area (Å²) in [6.45, 7) is 1.84. The molecule has 0 radical (unpaired) electrons. The van der Waals surface area contributed by atoms with E-state index in [1.165, 1.54) is 22.8 Å². The summed E-state index contributed by atoms with van der Waals surface area (Å²) in [5.74, 6) is -0.655. The molecule has 5 aromatic rings. The molecule has 0 aliphatic rings. The summed E-state index contributed by atoms with van der Waals surface area (Å²) in [5, 5.41) is 0. The molecule has 0 bridgehead atoms. The lowest BCUT2D eigenvalue weighted by molar-refractivity contribution is 0.0455. The van der Waals surface area contributed by atoms with Gasteiger partial charge in [-0.2, -0.15) is 0 Å². The van der Waals surface area contributed by atoms with Crippen molar-refractivity contribution in [1.29, 1.82) is 0 Å². The number of halogens is 1. The molecule has 2 N–H and O–H groups in total. The molecule has 0 atom stereocenters. The second-order valence-electron chi connectivity index (χ2n) is 7.81. The first-order valence-corrected chi connectivity index (χ1v) is 12.8. The molecule has 3 aromatic heterocycles. The second kappa shape index (κ2) is 8.82. The van der Waals surface area contributed by atoms with Gasteiger partial charge in [-0.1, -0.05) is 29.8 Å². The van der Waals surface area contributed by atoms with E-state index < -0.39 is 15.8 Å². The zero-order valence-corrected chi connectivity index (χ0v) is 20.8. The Hall–Kier alpha value is -3.70. The number of aryl methyl sites for hydroxylation is 1. The van der Waals surface area contributed by atoms with E-state index in [9.17, 15) is 13.2 Å². The van der Waals surface area contributed by atoms with Gasteiger partial charge in [-0.3, -0.25) is 0 Å². The van der Waals surface area contributed by atoms with Crippen molar-refractivity contribution in [2.45, 2.75) is 23.3 Å². The van der Waals surface area contributed by atoms with Gasteiger partial charge in [0.2, 0.25) is 15.6 Å². The van der Waals surface area contributed by atoms with Crippen LogP contribution >= 0.6 is 15.9 Å². The summed E-state index contributed by atoms with van der Waals surface area (Å²) >= 11 is 3.14. The van der Waals surface area contributed by atoms with Crippen LogP contribution in [0.1, 0.15) is 16.1 Å². The largest absolute Gasteiger partial charge is 0.458 e. The summed E-state index contributed by atoms with van der Waals surface area (Å²) in [7, 11) is -4.02. The molecule has 11 heteroatoms. The van der Waals surface area contributed by atoms with Crippen molar-refractivity contribution in [2.24, 2.45) is 0 Å². The van der Waals surface area contributed by atoms with Crippen molar-refractivity contribution in [2.75, 3.05) is 12.3 Å². The minimum Gasteiger partial charge on any atom is -0.458 e. The number of hydrogen-bond donors (Lipinski definition) is 1. The van der Waals surface area contributed by atoms with Crippen molar-refractivity contribution in [3.05, 3.63) is 76.7 Å². The Morgan fingerprint density at radius 2 is 1.74 bits per heavy atom. The maximum Gasteiger partial charge on any atom is 0.374 e. The molecule has 2 aromatic carbocycles. The quantitative estimate of drug-likeness (QED) is 0.303. The SMILES string of the molecule is Cc1ccc(S(=O)(=O)c2c(N)n(CCOC(=O)c3ccc(Br)o3)c3nc4ccccc4nc23)cc1. The van der Waals surface area contributed by atoms with Crippen molar-refractivity contribution in [1.82, 2.24) is 14.5 Å². The molecule has 0 spiro atoms. The Morgan fingerprint density at radius 3 is 2.40 bits per heavy atom. The van der Waals surface area contributed by atoms with Crippen LogP contribution in [-0.2, 0) is 21.1 Å². The van der Waals surface area contributed by atoms with Crippen LogP contribution < -0.4 is 5.73 Å². The molecule has 35 heavy (non-hydrogen) atoms. The Labute approximate surface area is 208 Å². The summed E-state index contributed by atoms with van der Waals surface area (Å²) in [6, 6.07) is 16.7. The third-order valence-corrected chi connectivity index (χ3v) is 7.73. The van der Waals surface area contributed by atoms with Crippen LogP contribution in [0.25, 0.3) is 22.2 Å². The normalized spacial score (nSPS) is 11.8. The number of anilines is 1. The van der Waals surface area contributed by atoms with Gasteiger partial charge < -0.3 is 19.5 Å². The first-order valence-electron chi connectivity index (χ1n) is 10.5. The highest BCUT2D eigenvalue weighted by Gasteiger charge is 2.30. The maximum absolute atomic E-state index is 13.6. The Kier molecular flexibility index (Phi) is 5.81. The van der Waals surface area contributed by atoms with Crippen LogP contribution in [0.15, 0.2) is 79.5 Å². The highest BCUT2D eigenvalue weighted by atomic mass is 79.9. The van der Waals surface area contributed by atoms with Crippen molar-refractivity contribution >= 4 is 59.8 Å². The number of aromatic nitrogens is 3. The number of rotatable bonds is 6. The van der Waals surface area contributed by atoms with Crippen LogP contribution in [0.2, 0.25) is 0 Å². The highest BCUT2D eigenvalue weighted by Crippen LogP contribution is 2.35. The van der Waals surface area contributed by atoms with E-state index in [0.29, 0.717) is 15.7 Å². The number of nitrogen functional groups attached to an aromatic ring is 1. The topological polar surface area (TPSA) is 130 Å². The van der Waals surface area contributed by atoms with Crippen LogP contribution in [0.4, 0.5) is 5.82 Å². The zero-order valence-electron chi connectivity index (χ0n) is 18.4. The fraction of sp³-hybridized carbons (Fsp3) is 0.125. The molecule has 0 unspecified atom stereocenters. The second-order valence-corrected chi connectivity index (χ2v) is 10.5. The third-order valence-electron chi connectivity index (χ3n) is 5.47. The molecule has 0 saturated carbocycles. The number of sulfone groups is 1. The predicted octanol–water partition coefficient (Wildman–Crippen LogP) is 4.52. The van der Waals surface area contributed by atoms with Crippen LogP contribution in [0, 0.1) is 6.92 Å².